The number of ether oxygens (including phenoxy) is 1. The molecule has 0 bridgehead atoms. The second kappa shape index (κ2) is 4.70. The number of fused-ring (bicyclic) bond motifs is 1. The number of halogens is 1. The number of nitrogens with one attached hydrogen (secondary N) is 1. The van der Waals surface area contributed by atoms with Crippen molar-refractivity contribution >= 4 is 11.0 Å². The number of hydrogen-bond donors (Lipinski definition) is 1. The van der Waals surface area contributed by atoms with E-state index in [1.54, 1.807) is 23.7 Å². The Bertz CT molecular complexity index is 667. The molecule has 2 aromatic rings. The maximum atomic E-state index is 13.6. The van der Waals surface area contributed by atoms with Crippen molar-refractivity contribution in [3.05, 3.63) is 24.1 Å². The highest BCUT2D eigenvalue weighted by molar-refractivity contribution is 5.77. The lowest BCUT2D eigenvalue weighted by atomic mass is 9.69. The van der Waals surface area contributed by atoms with Gasteiger partial charge in [0.25, 0.3) is 0 Å². The minimum absolute atomic E-state index is 0.233. The van der Waals surface area contributed by atoms with E-state index in [1.807, 2.05) is 0 Å². The third-order valence-corrected chi connectivity index (χ3v) is 5.03. The molecule has 4 nitrogen and oxygen atoms in total. The topological polar surface area (TPSA) is 39.1 Å². The first-order chi connectivity index (χ1) is 10.2. The summed E-state index contributed by atoms with van der Waals surface area (Å²) in [7, 11) is 1.80. The lowest BCUT2D eigenvalue weighted by Gasteiger charge is -2.47. The van der Waals surface area contributed by atoms with Gasteiger partial charge in [-0.3, -0.25) is 0 Å². The highest BCUT2D eigenvalue weighted by atomic mass is 19.1. The summed E-state index contributed by atoms with van der Waals surface area (Å²) in [4.78, 5) is 4.45. The van der Waals surface area contributed by atoms with Gasteiger partial charge in [0.15, 0.2) is 0 Å². The van der Waals surface area contributed by atoms with Crippen molar-refractivity contribution in [3.8, 4) is 5.88 Å². The number of pyridine rings is 1. The van der Waals surface area contributed by atoms with Crippen LogP contribution in [0.25, 0.3) is 11.0 Å². The van der Waals surface area contributed by atoms with Crippen molar-refractivity contribution < 1.29 is 9.13 Å². The molecule has 0 aromatic carbocycles. The van der Waals surface area contributed by atoms with E-state index in [9.17, 15) is 4.39 Å². The molecule has 0 atom stereocenters. The van der Waals surface area contributed by atoms with Crippen LogP contribution in [0, 0.1) is 11.2 Å². The van der Waals surface area contributed by atoms with Gasteiger partial charge in [-0.25, -0.2) is 4.39 Å². The van der Waals surface area contributed by atoms with Crippen LogP contribution in [-0.4, -0.2) is 28.7 Å². The average molecular weight is 289 g/mol. The second-order valence-corrected chi connectivity index (χ2v) is 6.53. The van der Waals surface area contributed by atoms with Gasteiger partial charge in [0, 0.05) is 32.4 Å². The molecule has 4 rings (SSSR count). The van der Waals surface area contributed by atoms with E-state index in [2.05, 4.69) is 10.3 Å². The summed E-state index contributed by atoms with van der Waals surface area (Å²) in [5, 5.41) is 3.92. The third-order valence-electron chi connectivity index (χ3n) is 5.03. The van der Waals surface area contributed by atoms with E-state index in [1.165, 1.54) is 19.0 Å². The number of aromatic nitrogens is 2. The Morgan fingerprint density at radius 1 is 1.33 bits per heavy atom. The smallest absolute Gasteiger partial charge is 0.215 e. The van der Waals surface area contributed by atoms with E-state index in [0.29, 0.717) is 22.3 Å². The zero-order chi connectivity index (χ0) is 14.4. The fourth-order valence-electron chi connectivity index (χ4n) is 3.58. The largest absolute Gasteiger partial charge is 0.474 e. The first-order valence-corrected chi connectivity index (χ1v) is 7.64. The molecule has 1 spiro atoms. The fraction of sp³-hybridized carbons (Fsp3) is 0.562. The molecule has 21 heavy (non-hydrogen) atoms. The van der Waals surface area contributed by atoms with E-state index < -0.39 is 0 Å². The van der Waals surface area contributed by atoms with Crippen molar-refractivity contribution in [2.24, 2.45) is 12.5 Å². The van der Waals surface area contributed by atoms with Crippen molar-refractivity contribution in [3.63, 3.8) is 0 Å². The summed E-state index contributed by atoms with van der Waals surface area (Å²) < 4.78 is 21.3. The number of hydrogen-bond acceptors (Lipinski definition) is 3. The summed E-state index contributed by atoms with van der Waals surface area (Å²) in [6.45, 7) is 2.32. The van der Waals surface area contributed by atoms with E-state index in [0.717, 1.165) is 25.9 Å². The minimum atomic E-state index is -0.233. The molecule has 1 N–H and O–H groups in total. The Morgan fingerprint density at radius 3 is 2.76 bits per heavy atom. The molecule has 1 aliphatic carbocycles. The van der Waals surface area contributed by atoms with Gasteiger partial charge >= 0.3 is 0 Å². The molecule has 1 saturated heterocycles. The highest BCUT2D eigenvalue weighted by Crippen LogP contribution is 2.40. The van der Waals surface area contributed by atoms with Crippen molar-refractivity contribution in [1.29, 1.82) is 0 Å². The molecule has 3 heterocycles. The second-order valence-electron chi connectivity index (χ2n) is 6.53. The van der Waals surface area contributed by atoms with Gasteiger partial charge in [-0.15, -0.1) is 0 Å². The monoisotopic (exact) mass is 289 g/mol. The molecule has 0 amide bonds. The Kier molecular flexibility index (Phi) is 2.92. The van der Waals surface area contributed by atoms with E-state index in [4.69, 9.17) is 4.74 Å². The summed E-state index contributed by atoms with van der Waals surface area (Å²) in [6, 6.07) is 3.54. The van der Waals surface area contributed by atoms with Crippen LogP contribution in [0.1, 0.15) is 25.7 Å². The van der Waals surface area contributed by atoms with Crippen LogP contribution in [-0.2, 0) is 7.05 Å². The van der Waals surface area contributed by atoms with Gasteiger partial charge in [-0.1, -0.05) is 0 Å². The van der Waals surface area contributed by atoms with Gasteiger partial charge in [0.05, 0.1) is 5.39 Å². The summed E-state index contributed by atoms with van der Waals surface area (Å²) >= 11 is 0. The summed E-state index contributed by atoms with van der Waals surface area (Å²) in [6.07, 6.45) is 6.32. The van der Waals surface area contributed by atoms with Gasteiger partial charge in [-0.2, -0.15) is 4.98 Å². The molecule has 1 aliphatic heterocycles. The quantitative estimate of drug-likeness (QED) is 0.923. The fourth-order valence-corrected chi connectivity index (χ4v) is 3.58. The number of nitrogens with zero attached hydrogens (tertiary/aromatic N) is 2. The average Bonchev–Trinajstić information content (AvgIpc) is 2.73. The van der Waals surface area contributed by atoms with Crippen LogP contribution < -0.4 is 10.1 Å². The van der Waals surface area contributed by atoms with Crippen molar-refractivity contribution in [2.75, 3.05) is 13.1 Å². The molecule has 2 aliphatic rings. The SMILES string of the molecule is Cn1cc(F)c2ccc(OC3CCC4(CC3)CNC4)nc21. The Balaban J connectivity index is 1.48. The molecule has 1 saturated carbocycles. The maximum absolute atomic E-state index is 13.6. The third kappa shape index (κ3) is 2.20. The van der Waals surface area contributed by atoms with Crippen LogP contribution in [0.15, 0.2) is 18.3 Å². The zero-order valence-electron chi connectivity index (χ0n) is 12.2. The lowest BCUT2D eigenvalue weighted by molar-refractivity contribution is 0.0403. The molecule has 0 radical (unpaired) electrons. The zero-order valence-corrected chi connectivity index (χ0v) is 12.2. The first kappa shape index (κ1) is 13.1. The predicted molar refractivity (Wildman–Crippen MR) is 78.9 cm³/mol. The molecule has 112 valence electrons. The Labute approximate surface area is 123 Å². The van der Waals surface area contributed by atoms with Crippen LogP contribution in [0.4, 0.5) is 4.39 Å². The molecular formula is C16H20FN3O. The molecule has 0 unspecified atom stereocenters. The normalized spacial score (nSPS) is 21.6. The summed E-state index contributed by atoms with van der Waals surface area (Å²) in [5.74, 6) is 0.375. The number of rotatable bonds is 2. The predicted octanol–water partition coefficient (Wildman–Crippen LogP) is 2.62. The lowest BCUT2D eigenvalue weighted by Crippen LogP contribution is -2.55. The molecular weight excluding hydrogens is 269 g/mol. The molecule has 5 heteroatoms. The molecule has 2 aromatic heterocycles. The Morgan fingerprint density at radius 2 is 2.10 bits per heavy atom. The standard InChI is InChI=1S/C16H20FN3O/c1-20-8-13(17)12-2-3-14(19-15(12)20)21-11-4-6-16(7-5-11)9-18-10-16/h2-3,8,11,18H,4-7,9-10H2,1H3. The van der Waals surface area contributed by atoms with E-state index >= 15 is 0 Å². The van der Waals surface area contributed by atoms with Crippen LogP contribution in [0.3, 0.4) is 0 Å². The number of aryl methyl sites for hydroxylation is 1. The summed E-state index contributed by atoms with van der Waals surface area (Å²) in [5.41, 5.74) is 1.18. The Hall–Kier alpha value is -1.62. The van der Waals surface area contributed by atoms with E-state index in [-0.39, 0.29) is 11.9 Å². The van der Waals surface area contributed by atoms with Crippen molar-refractivity contribution in [2.45, 2.75) is 31.8 Å². The van der Waals surface area contributed by atoms with Crippen LogP contribution in [0.5, 0.6) is 5.88 Å². The highest BCUT2D eigenvalue weighted by Gasteiger charge is 2.40. The van der Waals surface area contributed by atoms with Gasteiger partial charge in [-0.05, 0) is 37.2 Å². The van der Waals surface area contributed by atoms with Crippen molar-refractivity contribution in [1.82, 2.24) is 14.9 Å². The van der Waals surface area contributed by atoms with Gasteiger partial charge < -0.3 is 14.6 Å². The van der Waals surface area contributed by atoms with Gasteiger partial charge in [0.2, 0.25) is 5.88 Å². The minimum Gasteiger partial charge on any atom is -0.474 e. The first-order valence-electron chi connectivity index (χ1n) is 7.64. The molecule has 2 fully saturated rings. The van der Waals surface area contributed by atoms with Crippen LogP contribution >= 0.6 is 0 Å². The maximum Gasteiger partial charge on any atom is 0.215 e. The van der Waals surface area contributed by atoms with Crippen LogP contribution in [0.2, 0.25) is 0 Å². The van der Waals surface area contributed by atoms with Gasteiger partial charge in [0.1, 0.15) is 17.6 Å².